The topological polar surface area (TPSA) is 71.0 Å². The van der Waals surface area contributed by atoms with Gasteiger partial charge in [-0.1, -0.05) is 6.92 Å². The van der Waals surface area contributed by atoms with Gasteiger partial charge in [0, 0.05) is 31.2 Å². The van der Waals surface area contributed by atoms with Gasteiger partial charge in [-0.15, -0.1) is 11.3 Å². The molecule has 0 spiro atoms. The van der Waals surface area contributed by atoms with Crippen molar-refractivity contribution in [2.45, 2.75) is 26.7 Å². The molecule has 3 heterocycles. The van der Waals surface area contributed by atoms with Gasteiger partial charge in [0.25, 0.3) is 5.91 Å². The number of fused-ring (bicyclic) bond motifs is 1. The van der Waals surface area contributed by atoms with Crippen molar-refractivity contribution >= 4 is 39.1 Å². The van der Waals surface area contributed by atoms with E-state index in [9.17, 15) is 4.79 Å². The maximum atomic E-state index is 12.5. The van der Waals surface area contributed by atoms with Crippen molar-refractivity contribution in [1.29, 1.82) is 0 Å². The largest absolute Gasteiger partial charge is 0.341 e. The van der Waals surface area contributed by atoms with E-state index in [1.54, 1.807) is 23.7 Å². The van der Waals surface area contributed by atoms with Crippen molar-refractivity contribution < 1.29 is 4.79 Å². The fourth-order valence-electron chi connectivity index (χ4n) is 3.13. The molecule has 4 rings (SSSR count). The minimum absolute atomic E-state index is 0.204. The zero-order valence-corrected chi connectivity index (χ0v) is 15.7. The van der Waals surface area contributed by atoms with Crippen LogP contribution in [-0.4, -0.2) is 33.9 Å². The second kappa shape index (κ2) is 6.99. The highest BCUT2D eigenvalue weighted by Crippen LogP contribution is 2.25. The van der Waals surface area contributed by atoms with E-state index in [4.69, 9.17) is 0 Å². The molecule has 0 atom stereocenters. The van der Waals surface area contributed by atoms with E-state index in [2.05, 4.69) is 32.1 Å². The van der Waals surface area contributed by atoms with Crippen molar-refractivity contribution in [2.24, 2.45) is 5.92 Å². The Kier molecular flexibility index (Phi) is 4.55. The molecule has 2 aromatic heterocycles. The SMILES string of the molecule is Cc1nc2ccc(NC(=O)c3cnc(N4CCC(C)CC4)nc3)cc2s1. The molecule has 1 N–H and O–H groups in total. The molecule has 0 saturated carbocycles. The van der Waals surface area contributed by atoms with E-state index in [0.717, 1.165) is 52.8 Å². The number of benzene rings is 1. The van der Waals surface area contributed by atoms with Crippen LogP contribution in [0.1, 0.15) is 35.1 Å². The standard InChI is InChI=1S/C19H21N5OS/c1-12-5-7-24(8-6-12)19-20-10-14(11-21-19)18(25)23-15-3-4-16-17(9-15)26-13(2)22-16/h3-4,9-12H,5-8H2,1-2H3,(H,23,25). The molecular weight excluding hydrogens is 346 g/mol. The van der Waals surface area contributed by atoms with Crippen molar-refractivity contribution in [2.75, 3.05) is 23.3 Å². The number of nitrogens with zero attached hydrogens (tertiary/aromatic N) is 4. The summed E-state index contributed by atoms with van der Waals surface area (Å²) in [4.78, 5) is 27.9. The highest BCUT2D eigenvalue weighted by atomic mass is 32.1. The number of aromatic nitrogens is 3. The molecule has 1 fully saturated rings. The first-order valence-electron chi connectivity index (χ1n) is 8.84. The van der Waals surface area contributed by atoms with Crippen LogP contribution in [0, 0.1) is 12.8 Å². The van der Waals surface area contributed by atoms with E-state index in [1.165, 1.54) is 0 Å². The van der Waals surface area contributed by atoms with Gasteiger partial charge < -0.3 is 10.2 Å². The van der Waals surface area contributed by atoms with Crippen LogP contribution in [0.5, 0.6) is 0 Å². The van der Waals surface area contributed by atoms with Crippen molar-refractivity contribution in [3.8, 4) is 0 Å². The van der Waals surface area contributed by atoms with Crippen LogP contribution in [0.25, 0.3) is 10.2 Å². The molecule has 0 bridgehead atoms. The van der Waals surface area contributed by atoms with Crippen LogP contribution < -0.4 is 10.2 Å². The first-order valence-corrected chi connectivity index (χ1v) is 9.65. The number of piperidine rings is 1. The zero-order chi connectivity index (χ0) is 18.1. The molecule has 0 unspecified atom stereocenters. The Labute approximate surface area is 156 Å². The van der Waals surface area contributed by atoms with Crippen LogP contribution in [0.15, 0.2) is 30.6 Å². The molecule has 0 aliphatic carbocycles. The van der Waals surface area contributed by atoms with Gasteiger partial charge in [-0.05, 0) is 43.9 Å². The maximum Gasteiger partial charge on any atom is 0.258 e. The fourth-order valence-corrected chi connectivity index (χ4v) is 4.00. The predicted octanol–water partition coefficient (Wildman–Crippen LogP) is 3.88. The number of hydrogen-bond donors (Lipinski definition) is 1. The number of nitrogens with one attached hydrogen (secondary N) is 1. The number of carbonyl (C=O) groups is 1. The Balaban J connectivity index is 1.45. The summed E-state index contributed by atoms with van der Waals surface area (Å²) in [5.74, 6) is 1.26. The van der Waals surface area contributed by atoms with Crippen LogP contribution in [0.3, 0.4) is 0 Å². The third-order valence-electron chi connectivity index (χ3n) is 4.72. The summed E-state index contributed by atoms with van der Waals surface area (Å²) in [6.45, 7) is 6.20. The zero-order valence-electron chi connectivity index (χ0n) is 14.9. The van der Waals surface area contributed by atoms with Gasteiger partial charge in [-0.2, -0.15) is 0 Å². The molecular formula is C19H21N5OS. The van der Waals surface area contributed by atoms with E-state index >= 15 is 0 Å². The predicted molar refractivity (Wildman–Crippen MR) is 105 cm³/mol. The molecule has 1 aromatic carbocycles. The highest BCUT2D eigenvalue weighted by Gasteiger charge is 2.18. The summed E-state index contributed by atoms with van der Waals surface area (Å²) in [5, 5.41) is 3.92. The van der Waals surface area contributed by atoms with Crippen LogP contribution in [-0.2, 0) is 0 Å². The van der Waals surface area contributed by atoms with E-state index in [0.29, 0.717) is 11.5 Å². The van der Waals surface area contributed by atoms with Crippen LogP contribution in [0.4, 0.5) is 11.6 Å². The summed E-state index contributed by atoms with van der Waals surface area (Å²) >= 11 is 1.61. The Morgan fingerprint density at radius 2 is 1.96 bits per heavy atom. The number of aryl methyl sites for hydroxylation is 1. The lowest BCUT2D eigenvalue weighted by Crippen LogP contribution is -2.34. The second-order valence-electron chi connectivity index (χ2n) is 6.81. The molecule has 7 heteroatoms. The van der Waals surface area contributed by atoms with Gasteiger partial charge in [-0.3, -0.25) is 4.79 Å². The minimum atomic E-state index is -0.204. The Morgan fingerprint density at radius 1 is 1.23 bits per heavy atom. The van der Waals surface area contributed by atoms with Gasteiger partial charge in [0.2, 0.25) is 5.95 Å². The smallest absolute Gasteiger partial charge is 0.258 e. The quantitative estimate of drug-likeness (QED) is 0.760. The lowest BCUT2D eigenvalue weighted by molar-refractivity contribution is 0.102. The summed E-state index contributed by atoms with van der Waals surface area (Å²) in [7, 11) is 0. The molecule has 1 saturated heterocycles. The summed E-state index contributed by atoms with van der Waals surface area (Å²) in [6, 6.07) is 5.73. The number of rotatable bonds is 3. The van der Waals surface area contributed by atoms with Gasteiger partial charge in [-0.25, -0.2) is 15.0 Å². The number of thiazole rings is 1. The van der Waals surface area contributed by atoms with Crippen molar-refractivity contribution in [3.05, 3.63) is 41.2 Å². The third-order valence-corrected chi connectivity index (χ3v) is 5.65. The van der Waals surface area contributed by atoms with Gasteiger partial charge in [0.15, 0.2) is 0 Å². The third kappa shape index (κ3) is 3.53. The molecule has 1 amide bonds. The van der Waals surface area contributed by atoms with E-state index in [-0.39, 0.29) is 5.91 Å². The lowest BCUT2D eigenvalue weighted by atomic mass is 10.00. The maximum absolute atomic E-state index is 12.5. The number of anilines is 2. The Bertz CT molecular complexity index is 929. The molecule has 1 aliphatic heterocycles. The van der Waals surface area contributed by atoms with Crippen LogP contribution >= 0.6 is 11.3 Å². The molecule has 26 heavy (non-hydrogen) atoms. The highest BCUT2D eigenvalue weighted by molar-refractivity contribution is 7.18. The van der Waals surface area contributed by atoms with E-state index < -0.39 is 0 Å². The summed E-state index contributed by atoms with van der Waals surface area (Å²) in [6.07, 6.45) is 5.52. The van der Waals surface area contributed by atoms with Crippen LogP contribution in [0.2, 0.25) is 0 Å². The molecule has 1 aliphatic rings. The molecule has 3 aromatic rings. The van der Waals surface area contributed by atoms with Gasteiger partial charge in [0.1, 0.15) is 0 Å². The fraction of sp³-hybridized carbons (Fsp3) is 0.368. The first kappa shape index (κ1) is 16.9. The molecule has 0 radical (unpaired) electrons. The monoisotopic (exact) mass is 367 g/mol. The molecule has 6 nitrogen and oxygen atoms in total. The molecule has 134 valence electrons. The van der Waals surface area contributed by atoms with E-state index in [1.807, 2.05) is 25.1 Å². The second-order valence-corrected chi connectivity index (χ2v) is 8.05. The average Bonchev–Trinajstić information content (AvgIpc) is 3.02. The van der Waals surface area contributed by atoms with Crippen molar-refractivity contribution in [3.63, 3.8) is 0 Å². The Morgan fingerprint density at radius 3 is 2.69 bits per heavy atom. The summed E-state index contributed by atoms with van der Waals surface area (Å²) in [5.41, 5.74) is 2.16. The minimum Gasteiger partial charge on any atom is -0.341 e. The lowest BCUT2D eigenvalue weighted by Gasteiger charge is -2.30. The average molecular weight is 367 g/mol. The summed E-state index contributed by atoms with van der Waals surface area (Å²) < 4.78 is 1.06. The normalized spacial score (nSPS) is 15.4. The number of amides is 1. The number of hydrogen-bond acceptors (Lipinski definition) is 6. The van der Waals surface area contributed by atoms with Gasteiger partial charge in [0.05, 0.1) is 20.8 Å². The van der Waals surface area contributed by atoms with Crippen molar-refractivity contribution in [1.82, 2.24) is 15.0 Å². The first-order chi connectivity index (χ1) is 12.6. The Hall–Kier alpha value is -2.54. The van der Waals surface area contributed by atoms with Gasteiger partial charge >= 0.3 is 0 Å². The number of carbonyl (C=O) groups excluding carboxylic acids is 1.